The number of rotatable bonds is 5. The molecule has 0 radical (unpaired) electrons. The van der Waals surface area contributed by atoms with Crippen LogP contribution in [-0.4, -0.2) is 62.3 Å². The highest BCUT2D eigenvalue weighted by atomic mass is 35.5. The van der Waals surface area contributed by atoms with Gasteiger partial charge in [0.1, 0.15) is 6.61 Å². The molecule has 0 bridgehead atoms. The van der Waals surface area contributed by atoms with Crippen molar-refractivity contribution >= 4 is 34.2 Å². The van der Waals surface area contributed by atoms with E-state index in [0.29, 0.717) is 50.3 Å². The molecule has 2 aliphatic heterocycles. The number of carbonyl (C=O) groups excluding carboxylic acids is 1. The van der Waals surface area contributed by atoms with Crippen LogP contribution in [0.25, 0.3) is 11.0 Å². The largest absolute Gasteiger partial charge is 0.476 e. The fraction of sp³-hybridized carbons (Fsp3) is 0.500. The number of aliphatic hydroxyl groups is 1. The Bertz CT molecular complexity index is 1410. The van der Waals surface area contributed by atoms with Gasteiger partial charge < -0.3 is 19.7 Å². The Hall–Kier alpha value is -2.89. The third-order valence-corrected chi connectivity index (χ3v) is 8.32. The number of amides is 1. The maximum atomic E-state index is 14.0. The fourth-order valence-corrected chi connectivity index (χ4v) is 6.23. The Labute approximate surface area is 221 Å². The lowest BCUT2D eigenvalue weighted by molar-refractivity contribution is -0.140. The molecule has 202 valence electrons. The lowest BCUT2D eigenvalue weighted by Crippen LogP contribution is -2.47. The van der Waals surface area contributed by atoms with Gasteiger partial charge in [-0.1, -0.05) is 11.6 Å². The predicted octanol–water partition coefficient (Wildman–Crippen LogP) is 4.55. The molecule has 0 unspecified atom stereocenters. The second-order valence-electron chi connectivity index (χ2n) is 10.8. The number of fused-ring (bicyclic) bond motifs is 3. The number of carbonyl (C=O) groups is 1. The Morgan fingerprint density at radius 3 is 2.66 bits per heavy atom. The summed E-state index contributed by atoms with van der Waals surface area (Å²) in [5.41, 5.74) is -0.768. The quantitative estimate of drug-likeness (QED) is 0.485. The van der Waals surface area contributed by atoms with Crippen molar-refractivity contribution in [3.05, 3.63) is 46.9 Å². The number of halogens is 4. The summed E-state index contributed by atoms with van der Waals surface area (Å²) in [4.78, 5) is 22.9. The van der Waals surface area contributed by atoms with Crippen molar-refractivity contribution in [2.75, 3.05) is 31.6 Å². The van der Waals surface area contributed by atoms with E-state index < -0.39 is 22.9 Å². The van der Waals surface area contributed by atoms with Crippen LogP contribution in [-0.2, 0) is 16.4 Å². The highest BCUT2D eigenvalue weighted by molar-refractivity contribution is 6.31. The molecular weight excluding hydrogens is 523 g/mol. The number of ether oxygens (including phenoxy) is 1. The molecule has 3 aromatic rings. The normalized spacial score (nSPS) is 24.9. The fourth-order valence-electron chi connectivity index (χ4n) is 6.06. The van der Waals surface area contributed by atoms with Crippen LogP contribution < -0.4 is 10.1 Å². The molecule has 38 heavy (non-hydrogen) atoms. The van der Waals surface area contributed by atoms with E-state index in [9.17, 15) is 23.1 Å². The number of nitrogens with one attached hydrogen (secondary N) is 1. The van der Waals surface area contributed by atoms with Gasteiger partial charge in [-0.25, -0.2) is 9.97 Å². The van der Waals surface area contributed by atoms with Crippen LogP contribution in [0.15, 0.2) is 30.6 Å². The van der Waals surface area contributed by atoms with E-state index in [1.165, 1.54) is 17.0 Å². The molecule has 2 aromatic heterocycles. The van der Waals surface area contributed by atoms with Crippen molar-refractivity contribution in [2.45, 2.75) is 55.8 Å². The molecule has 2 fully saturated rings. The molecule has 1 saturated heterocycles. The van der Waals surface area contributed by atoms with Gasteiger partial charge in [-0.2, -0.15) is 13.2 Å². The highest BCUT2D eigenvalue weighted by Crippen LogP contribution is 2.46. The minimum atomic E-state index is -4.69. The average Bonchev–Trinajstić information content (AvgIpc) is 3.37. The molecule has 2 N–H and O–H groups in total. The standard InChI is InChI=1S/C26H27ClF3N5O3/c1-24(37)12-16(13-24)35-14-31-19-11-20(33-22(21(19)35)26(28,29)30)38-9-8-34-6-4-25(5-7-34)17-10-15(27)2-3-18(17)32-23(25)36/h2-3,10-11,14,16,37H,4-9,12-13H2,1H3,(H,32,36)/t16-,24+. The van der Waals surface area contributed by atoms with Gasteiger partial charge in [-0.3, -0.25) is 9.69 Å². The number of nitrogens with zero attached hydrogens (tertiary/aromatic N) is 4. The van der Waals surface area contributed by atoms with E-state index in [-0.39, 0.29) is 35.5 Å². The zero-order valence-electron chi connectivity index (χ0n) is 20.7. The Balaban J connectivity index is 1.12. The number of imidazole rings is 1. The van der Waals surface area contributed by atoms with Crippen LogP contribution in [0, 0.1) is 0 Å². The number of hydrogen-bond acceptors (Lipinski definition) is 6. The van der Waals surface area contributed by atoms with Crippen LogP contribution in [0.5, 0.6) is 5.88 Å². The molecule has 1 saturated carbocycles. The van der Waals surface area contributed by atoms with Gasteiger partial charge in [0.05, 0.1) is 28.4 Å². The van der Waals surface area contributed by atoms with Crippen molar-refractivity contribution in [2.24, 2.45) is 0 Å². The molecule has 1 aromatic carbocycles. The van der Waals surface area contributed by atoms with Gasteiger partial charge in [0.2, 0.25) is 11.8 Å². The summed E-state index contributed by atoms with van der Waals surface area (Å²) >= 11 is 6.18. The van der Waals surface area contributed by atoms with E-state index >= 15 is 0 Å². The van der Waals surface area contributed by atoms with Crippen LogP contribution in [0.4, 0.5) is 18.9 Å². The minimum absolute atomic E-state index is 0.0206. The summed E-state index contributed by atoms with van der Waals surface area (Å²) < 4.78 is 49.0. The lowest BCUT2D eigenvalue weighted by Gasteiger charge is -2.41. The number of pyridine rings is 1. The van der Waals surface area contributed by atoms with Crippen molar-refractivity contribution in [1.82, 2.24) is 19.4 Å². The van der Waals surface area contributed by atoms with Gasteiger partial charge >= 0.3 is 6.18 Å². The smallest absolute Gasteiger partial charge is 0.435 e. The van der Waals surface area contributed by atoms with Gasteiger partial charge in [-0.15, -0.1) is 0 Å². The van der Waals surface area contributed by atoms with Crippen LogP contribution in [0.1, 0.15) is 49.9 Å². The van der Waals surface area contributed by atoms with Crippen molar-refractivity contribution in [1.29, 1.82) is 0 Å². The second-order valence-corrected chi connectivity index (χ2v) is 11.2. The van der Waals surface area contributed by atoms with Gasteiger partial charge in [-0.05, 0) is 69.5 Å². The summed E-state index contributed by atoms with van der Waals surface area (Å²) in [6.07, 6.45) is -1.39. The number of piperidine rings is 1. The number of hydrogen-bond donors (Lipinski definition) is 2. The van der Waals surface area contributed by atoms with Crippen LogP contribution >= 0.6 is 11.6 Å². The van der Waals surface area contributed by atoms with E-state index in [1.54, 1.807) is 13.0 Å². The third-order valence-electron chi connectivity index (χ3n) is 8.09. The minimum Gasteiger partial charge on any atom is -0.476 e. The second kappa shape index (κ2) is 8.82. The molecular formula is C26H27ClF3N5O3. The molecule has 1 aliphatic carbocycles. The summed E-state index contributed by atoms with van der Waals surface area (Å²) in [5.74, 6) is -0.157. The van der Waals surface area contributed by atoms with Crippen molar-refractivity contribution < 1.29 is 27.8 Å². The monoisotopic (exact) mass is 549 g/mol. The number of aromatic nitrogens is 3. The summed E-state index contributed by atoms with van der Waals surface area (Å²) in [5, 5.41) is 13.6. The average molecular weight is 550 g/mol. The summed E-state index contributed by atoms with van der Waals surface area (Å²) in [6.45, 7) is 3.56. The zero-order valence-corrected chi connectivity index (χ0v) is 21.4. The van der Waals surface area contributed by atoms with E-state index in [2.05, 4.69) is 20.2 Å². The summed E-state index contributed by atoms with van der Waals surface area (Å²) in [7, 11) is 0. The zero-order chi connectivity index (χ0) is 26.9. The van der Waals surface area contributed by atoms with Crippen LogP contribution in [0.3, 0.4) is 0 Å². The number of alkyl halides is 3. The van der Waals surface area contributed by atoms with E-state index in [1.807, 2.05) is 12.1 Å². The molecule has 6 rings (SSSR count). The highest BCUT2D eigenvalue weighted by Gasteiger charge is 2.48. The van der Waals surface area contributed by atoms with Crippen molar-refractivity contribution in [3.63, 3.8) is 0 Å². The first-order valence-electron chi connectivity index (χ1n) is 12.6. The van der Waals surface area contributed by atoms with Gasteiger partial charge in [0.15, 0.2) is 5.69 Å². The van der Waals surface area contributed by atoms with E-state index in [0.717, 1.165) is 11.3 Å². The maximum Gasteiger partial charge on any atom is 0.435 e. The number of benzene rings is 1. The Morgan fingerprint density at radius 2 is 1.97 bits per heavy atom. The molecule has 8 nitrogen and oxygen atoms in total. The first kappa shape index (κ1) is 25.4. The van der Waals surface area contributed by atoms with Crippen LogP contribution in [0.2, 0.25) is 5.02 Å². The first-order chi connectivity index (χ1) is 18.0. The maximum absolute atomic E-state index is 14.0. The van der Waals surface area contributed by atoms with E-state index in [4.69, 9.17) is 16.3 Å². The molecule has 1 spiro atoms. The third kappa shape index (κ3) is 4.30. The first-order valence-corrected chi connectivity index (χ1v) is 13.0. The number of anilines is 1. The SMILES string of the molecule is C[C@]1(O)C[C@@H](n2cnc3cc(OCCN4CCC5(CC4)C(=O)Nc4ccc(Cl)cc45)nc(C(F)(F)F)c32)C1. The Kier molecular flexibility index (Phi) is 5.89. The topological polar surface area (TPSA) is 92.5 Å². The lowest BCUT2D eigenvalue weighted by atomic mass is 9.73. The predicted molar refractivity (Wildman–Crippen MR) is 134 cm³/mol. The van der Waals surface area contributed by atoms with Gasteiger partial charge in [0, 0.05) is 29.4 Å². The van der Waals surface area contributed by atoms with Gasteiger partial charge in [0.25, 0.3) is 0 Å². The van der Waals surface area contributed by atoms with Crippen molar-refractivity contribution in [3.8, 4) is 5.88 Å². The molecule has 3 aliphatic rings. The summed E-state index contributed by atoms with van der Waals surface area (Å²) in [6, 6.07) is 6.58. The molecule has 12 heteroatoms. The number of likely N-dealkylation sites (tertiary alicyclic amines) is 1. The molecule has 0 atom stereocenters. The Morgan fingerprint density at radius 1 is 1.24 bits per heavy atom. The molecule has 4 heterocycles. The molecule has 1 amide bonds.